The van der Waals surface area contributed by atoms with Crippen molar-refractivity contribution in [3.8, 4) is 6.07 Å². The average Bonchev–Trinajstić information content (AvgIpc) is 2.57. The summed E-state index contributed by atoms with van der Waals surface area (Å²) < 4.78 is 0. The highest BCUT2D eigenvalue weighted by Crippen LogP contribution is 2.22. The zero-order valence-corrected chi connectivity index (χ0v) is 16.3. The minimum absolute atomic E-state index is 0.159. The van der Waals surface area contributed by atoms with Crippen LogP contribution in [0.5, 0.6) is 0 Å². The predicted molar refractivity (Wildman–Crippen MR) is 104 cm³/mol. The molecule has 0 spiro atoms. The van der Waals surface area contributed by atoms with E-state index >= 15 is 0 Å². The number of benzene rings is 1. The Labute approximate surface area is 152 Å². The lowest BCUT2D eigenvalue weighted by Crippen LogP contribution is -2.23. The number of rotatable bonds is 9. The molecule has 25 heavy (non-hydrogen) atoms. The molecule has 136 valence electrons. The lowest BCUT2D eigenvalue weighted by molar-refractivity contribution is -0.112. The Bertz CT molecular complexity index is 625. The van der Waals surface area contributed by atoms with Crippen molar-refractivity contribution >= 4 is 11.6 Å². The number of aryl methyl sites for hydroxylation is 3. The van der Waals surface area contributed by atoms with E-state index in [1.807, 2.05) is 32.9 Å². The second-order valence-electron chi connectivity index (χ2n) is 6.63. The number of anilines is 1. The summed E-state index contributed by atoms with van der Waals surface area (Å²) in [6.45, 7) is 12.0. The van der Waals surface area contributed by atoms with Crippen molar-refractivity contribution in [1.82, 2.24) is 4.90 Å². The molecular formula is C21H31N3O. The van der Waals surface area contributed by atoms with E-state index in [9.17, 15) is 10.1 Å². The number of unbranched alkanes of at least 4 members (excludes halogenated alkanes) is 2. The Hall–Kier alpha value is -2.28. The SMILES string of the molecule is CCCCN(/C=C(/C#N)C(=O)Nc1c(C)cc(C)cc1C)CCCC. The zero-order chi connectivity index (χ0) is 18.8. The highest BCUT2D eigenvalue weighted by Gasteiger charge is 2.14. The number of hydrogen-bond acceptors (Lipinski definition) is 3. The molecule has 0 unspecified atom stereocenters. The summed E-state index contributed by atoms with van der Waals surface area (Å²) in [4.78, 5) is 14.7. The topological polar surface area (TPSA) is 56.1 Å². The molecule has 1 N–H and O–H groups in total. The number of nitrogens with zero attached hydrogens (tertiary/aromatic N) is 2. The molecule has 0 aliphatic rings. The van der Waals surface area contributed by atoms with Gasteiger partial charge in [-0.1, -0.05) is 44.4 Å². The van der Waals surface area contributed by atoms with Crippen LogP contribution in [-0.2, 0) is 4.79 Å². The molecule has 0 saturated carbocycles. The van der Waals surface area contributed by atoms with E-state index < -0.39 is 0 Å². The van der Waals surface area contributed by atoms with Gasteiger partial charge in [0.2, 0.25) is 0 Å². The molecule has 0 saturated heterocycles. The molecule has 0 aromatic heterocycles. The molecule has 1 rings (SSSR count). The van der Waals surface area contributed by atoms with E-state index in [1.165, 1.54) is 0 Å². The summed E-state index contributed by atoms with van der Waals surface area (Å²) in [7, 11) is 0. The molecule has 4 heteroatoms. The molecular weight excluding hydrogens is 310 g/mol. The van der Waals surface area contributed by atoms with E-state index in [0.29, 0.717) is 0 Å². The van der Waals surface area contributed by atoms with Gasteiger partial charge in [-0.3, -0.25) is 4.79 Å². The summed E-state index contributed by atoms with van der Waals surface area (Å²) >= 11 is 0. The van der Waals surface area contributed by atoms with Gasteiger partial charge in [0.25, 0.3) is 5.91 Å². The summed E-state index contributed by atoms with van der Waals surface area (Å²) in [5, 5.41) is 12.4. The van der Waals surface area contributed by atoms with E-state index in [0.717, 1.165) is 61.2 Å². The quantitative estimate of drug-likeness (QED) is 0.515. The van der Waals surface area contributed by atoms with Crippen molar-refractivity contribution in [2.75, 3.05) is 18.4 Å². The Kier molecular flexibility index (Phi) is 8.77. The lowest BCUT2D eigenvalue weighted by atomic mass is 10.0. The number of amides is 1. The van der Waals surface area contributed by atoms with Crippen LogP contribution in [0.25, 0.3) is 0 Å². The van der Waals surface area contributed by atoms with Crippen LogP contribution >= 0.6 is 0 Å². The van der Waals surface area contributed by atoms with Gasteiger partial charge in [0, 0.05) is 25.0 Å². The van der Waals surface area contributed by atoms with Gasteiger partial charge in [0.15, 0.2) is 0 Å². The third-order valence-electron chi connectivity index (χ3n) is 4.19. The predicted octanol–water partition coefficient (Wildman–Crippen LogP) is 4.86. The standard InChI is InChI=1S/C21H31N3O/c1-6-8-10-24(11-9-7-2)15-19(14-22)21(25)23-20-17(4)12-16(3)13-18(20)5/h12-13,15H,6-11H2,1-5H3,(H,23,25)/b19-15-. The molecule has 4 nitrogen and oxygen atoms in total. The maximum absolute atomic E-state index is 12.6. The first-order valence-corrected chi connectivity index (χ1v) is 9.18. The van der Waals surface area contributed by atoms with E-state index in [4.69, 9.17) is 0 Å². The largest absolute Gasteiger partial charge is 0.376 e. The maximum Gasteiger partial charge on any atom is 0.267 e. The average molecular weight is 341 g/mol. The summed E-state index contributed by atoms with van der Waals surface area (Å²) in [5.41, 5.74) is 4.14. The molecule has 1 aromatic rings. The Balaban J connectivity index is 2.96. The molecule has 1 aromatic carbocycles. The normalized spacial score (nSPS) is 11.1. The van der Waals surface area contributed by atoms with Gasteiger partial charge < -0.3 is 10.2 Å². The highest BCUT2D eigenvalue weighted by molar-refractivity contribution is 6.07. The van der Waals surface area contributed by atoms with Crippen LogP contribution in [0.15, 0.2) is 23.9 Å². The van der Waals surface area contributed by atoms with Crippen molar-refractivity contribution < 1.29 is 4.79 Å². The highest BCUT2D eigenvalue weighted by atomic mass is 16.1. The zero-order valence-electron chi connectivity index (χ0n) is 16.3. The van der Waals surface area contributed by atoms with Crippen LogP contribution in [0.2, 0.25) is 0 Å². The van der Waals surface area contributed by atoms with Crippen LogP contribution in [0, 0.1) is 32.1 Å². The molecule has 0 atom stereocenters. The van der Waals surface area contributed by atoms with Crippen molar-refractivity contribution in [1.29, 1.82) is 5.26 Å². The smallest absolute Gasteiger partial charge is 0.267 e. The second-order valence-corrected chi connectivity index (χ2v) is 6.63. The van der Waals surface area contributed by atoms with Gasteiger partial charge in [0.05, 0.1) is 0 Å². The Morgan fingerprint density at radius 1 is 1.12 bits per heavy atom. The van der Waals surface area contributed by atoms with Crippen molar-refractivity contribution in [3.63, 3.8) is 0 Å². The molecule has 1 amide bonds. The van der Waals surface area contributed by atoms with E-state index in [-0.39, 0.29) is 11.5 Å². The van der Waals surface area contributed by atoms with Gasteiger partial charge in [-0.15, -0.1) is 0 Å². The first-order chi connectivity index (χ1) is 11.9. The Morgan fingerprint density at radius 2 is 1.64 bits per heavy atom. The van der Waals surface area contributed by atoms with Gasteiger partial charge >= 0.3 is 0 Å². The van der Waals surface area contributed by atoms with Crippen LogP contribution in [0.4, 0.5) is 5.69 Å². The number of hydrogen-bond donors (Lipinski definition) is 1. The van der Waals surface area contributed by atoms with Gasteiger partial charge in [0.1, 0.15) is 11.6 Å². The second kappa shape index (κ2) is 10.6. The van der Waals surface area contributed by atoms with Crippen molar-refractivity contribution in [2.24, 2.45) is 0 Å². The fourth-order valence-electron chi connectivity index (χ4n) is 2.84. The molecule has 0 heterocycles. The molecule has 0 aliphatic heterocycles. The number of nitriles is 1. The minimum Gasteiger partial charge on any atom is -0.376 e. The van der Waals surface area contributed by atoms with Crippen LogP contribution < -0.4 is 5.32 Å². The molecule has 0 aliphatic carbocycles. The number of carbonyl (C=O) groups excluding carboxylic acids is 1. The molecule has 0 bridgehead atoms. The summed E-state index contributed by atoms with van der Waals surface area (Å²) in [6.07, 6.45) is 6.01. The van der Waals surface area contributed by atoms with Crippen molar-refractivity contribution in [2.45, 2.75) is 60.3 Å². The lowest BCUT2D eigenvalue weighted by Gasteiger charge is -2.20. The minimum atomic E-state index is -0.337. The molecule has 0 fully saturated rings. The van der Waals surface area contributed by atoms with Gasteiger partial charge in [-0.05, 0) is 44.7 Å². The molecule has 0 radical (unpaired) electrons. The monoisotopic (exact) mass is 341 g/mol. The van der Waals surface area contributed by atoms with Crippen LogP contribution in [0.1, 0.15) is 56.2 Å². The fraction of sp³-hybridized carbons (Fsp3) is 0.524. The van der Waals surface area contributed by atoms with Crippen LogP contribution in [-0.4, -0.2) is 23.9 Å². The fourth-order valence-corrected chi connectivity index (χ4v) is 2.84. The first kappa shape index (κ1) is 20.8. The first-order valence-electron chi connectivity index (χ1n) is 9.18. The third-order valence-corrected chi connectivity index (χ3v) is 4.19. The van der Waals surface area contributed by atoms with Crippen molar-refractivity contribution in [3.05, 3.63) is 40.6 Å². The van der Waals surface area contributed by atoms with Crippen LogP contribution in [0.3, 0.4) is 0 Å². The van der Waals surface area contributed by atoms with Gasteiger partial charge in [-0.2, -0.15) is 5.26 Å². The van der Waals surface area contributed by atoms with E-state index in [2.05, 4.69) is 30.1 Å². The summed E-state index contributed by atoms with van der Waals surface area (Å²) in [5.74, 6) is -0.337. The maximum atomic E-state index is 12.6. The number of nitrogens with one attached hydrogen (secondary N) is 1. The van der Waals surface area contributed by atoms with E-state index in [1.54, 1.807) is 6.20 Å². The summed E-state index contributed by atoms with van der Waals surface area (Å²) in [6, 6.07) is 6.13. The number of carbonyl (C=O) groups is 1. The van der Waals surface area contributed by atoms with Gasteiger partial charge in [-0.25, -0.2) is 0 Å². The third kappa shape index (κ3) is 6.62. The Morgan fingerprint density at radius 3 is 2.08 bits per heavy atom.